The van der Waals surface area contributed by atoms with Crippen LogP contribution < -0.4 is 5.32 Å². The van der Waals surface area contributed by atoms with Gasteiger partial charge in [0.05, 0.1) is 5.92 Å². The molecule has 2 rings (SSSR count). The van der Waals surface area contributed by atoms with Gasteiger partial charge >= 0.3 is 5.97 Å². The number of nitrogens with zero attached hydrogens (tertiary/aromatic N) is 1. The number of likely N-dealkylation sites (tertiary alicyclic amines) is 1. The van der Waals surface area contributed by atoms with Crippen LogP contribution in [0.1, 0.15) is 39.0 Å². The average molecular weight is 308 g/mol. The van der Waals surface area contributed by atoms with Crippen LogP contribution >= 0.6 is 0 Å². The quantitative estimate of drug-likeness (QED) is 0.721. The molecule has 1 heterocycles. The molecule has 6 nitrogen and oxygen atoms in total. The fourth-order valence-electron chi connectivity index (χ4n) is 2.76. The number of carboxylic acids is 1. The molecular weight excluding hydrogens is 284 g/mol. The lowest BCUT2D eigenvalue weighted by molar-refractivity contribution is -0.143. The maximum atomic E-state index is 12.3. The third-order valence-electron chi connectivity index (χ3n) is 4.25. The number of nitrogens with one attached hydrogen (secondary N) is 1. The second kappa shape index (κ2) is 7.42. The Morgan fingerprint density at radius 2 is 2.00 bits per heavy atom. The van der Waals surface area contributed by atoms with Crippen LogP contribution in [-0.2, 0) is 14.4 Å². The SMILES string of the molecule is C/C=C/CC(NC(=O)C1CCCN(C(=O)C2CC2)C1)C(=O)O. The Labute approximate surface area is 130 Å². The summed E-state index contributed by atoms with van der Waals surface area (Å²) in [7, 11) is 0. The molecule has 2 N–H and O–H groups in total. The lowest BCUT2D eigenvalue weighted by atomic mass is 9.96. The predicted octanol–water partition coefficient (Wildman–Crippen LogP) is 1.17. The van der Waals surface area contributed by atoms with Crippen LogP contribution in [-0.4, -0.2) is 46.9 Å². The molecule has 122 valence electrons. The van der Waals surface area contributed by atoms with Crippen LogP contribution in [0.5, 0.6) is 0 Å². The summed E-state index contributed by atoms with van der Waals surface area (Å²) >= 11 is 0. The molecule has 1 saturated carbocycles. The van der Waals surface area contributed by atoms with Crippen molar-refractivity contribution in [3.05, 3.63) is 12.2 Å². The third-order valence-corrected chi connectivity index (χ3v) is 4.25. The second-order valence-electron chi connectivity index (χ2n) is 6.10. The maximum absolute atomic E-state index is 12.3. The number of carbonyl (C=O) groups excluding carboxylic acids is 2. The lowest BCUT2D eigenvalue weighted by Gasteiger charge is -2.32. The number of hydrogen-bond donors (Lipinski definition) is 2. The summed E-state index contributed by atoms with van der Waals surface area (Å²) in [6.45, 7) is 2.93. The van der Waals surface area contributed by atoms with Gasteiger partial charge in [0, 0.05) is 19.0 Å². The number of carbonyl (C=O) groups is 3. The molecule has 6 heteroatoms. The van der Waals surface area contributed by atoms with Crippen molar-refractivity contribution in [1.29, 1.82) is 0 Å². The van der Waals surface area contributed by atoms with E-state index in [9.17, 15) is 14.4 Å². The van der Waals surface area contributed by atoms with Gasteiger partial charge in [-0.25, -0.2) is 4.79 Å². The Kier molecular flexibility index (Phi) is 5.57. The highest BCUT2D eigenvalue weighted by molar-refractivity contribution is 5.86. The normalized spacial score (nSPS) is 23.3. The first kappa shape index (κ1) is 16.5. The number of carboxylic acid groups (broad SMARTS) is 1. The zero-order chi connectivity index (χ0) is 16.1. The molecule has 1 saturated heterocycles. The van der Waals surface area contributed by atoms with Crippen molar-refractivity contribution in [2.45, 2.75) is 45.1 Å². The molecule has 2 atom stereocenters. The van der Waals surface area contributed by atoms with E-state index in [-0.39, 0.29) is 30.1 Å². The number of piperidine rings is 1. The van der Waals surface area contributed by atoms with Crippen LogP contribution in [0.25, 0.3) is 0 Å². The zero-order valence-electron chi connectivity index (χ0n) is 13.0. The predicted molar refractivity (Wildman–Crippen MR) is 81.0 cm³/mol. The van der Waals surface area contributed by atoms with Gasteiger partial charge in [0.25, 0.3) is 0 Å². The van der Waals surface area contributed by atoms with Crippen LogP contribution in [0.15, 0.2) is 12.2 Å². The van der Waals surface area contributed by atoms with Crippen molar-refractivity contribution in [3.63, 3.8) is 0 Å². The van der Waals surface area contributed by atoms with Crippen molar-refractivity contribution in [2.24, 2.45) is 11.8 Å². The van der Waals surface area contributed by atoms with E-state index in [2.05, 4.69) is 5.32 Å². The standard InChI is InChI=1S/C16H24N2O4/c1-2-3-6-13(16(21)22)17-14(19)12-5-4-9-18(10-12)15(20)11-7-8-11/h2-3,11-13H,4-10H2,1H3,(H,17,19)(H,21,22)/b3-2+. The first-order chi connectivity index (χ1) is 10.5. The van der Waals surface area contributed by atoms with Crippen molar-refractivity contribution in [1.82, 2.24) is 10.2 Å². The first-order valence-electron chi connectivity index (χ1n) is 7.96. The summed E-state index contributed by atoms with van der Waals surface area (Å²) in [6, 6.07) is -0.904. The van der Waals surface area contributed by atoms with Gasteiger partial charge in [-0.05, 0) is 39.0 Å². The van der Waals surface area contributed by atoms with Crippen molar-refractivity contribution in [3.8, 4) is 0 Å². The maximum Gasteiger partial charge on any atom is 0.326 e. The minimum Gasteiger partial charge on any atom is -0.480 e. The Bertz CT molecular complexity index is 471. The summed E-state index contributed by atoms with van der Waals surface area (Å²) in [5, 5.41) is 11.8. The average Bonchev–Trinajstić information content (AvgIpc) is 3.35. The lowest BCUT2D eigenvalue weighted by Crippen LogP contribution is -2.49. The van der Waals surface area contributed by atoms with E-state index in [0.29, 0.717) is 19.5 Å². The van der Waals surface area contributed by atoms with E-state index in [1.807, 2.05) is 6.92 Å². The Morgan fingerprint density at radius 3 is 2.59 bits per heavy atom. The smallest absolute Gasteiger partial charge is 0.326 e. The molecule has 1 aliphatic heterocycles. The number of aliphatic carboxylic acids is 1. The van der Waals surface area contributed by atoms with Crippen molar-refractivity contribution < 1.29 is 19.5 Å². The zero-order valence-corrected chi connectivity index (χ0v) is 13.0. The minimum absolute atomic E-state index is 0.154. The molecule has 0 radical (unpaired) electrons. The molecule has 0 aromatic carbocycles. The molecule has 2 unspecified atom stereocenters. The molecule has 2 fully saturated rings. The van der Waals surface area contributed by atoms with Crippen LogP contribution in [0.4, 0.5) is 0 Å². The van der Waals surface area contributed by atoms with Gasteiger partial charge in [-0.2, -0.15) is 0 Å². The van der Waals surface area contributed by atoms with Gasteiger partial charge in [0.1, 0.15) is 6.04 Å². The summed E-state index contributed by atoms with van der Waals surface area (Å²) in [6.07, 6.45) is 7.17. The van der Waals surface area contributed by atoms with Gasteiger partial charge in [-0.15, -0.1) is 0 Å². The van der Waals surface area contributed by atoms with Gasteiger partial charge in [0.15, 0.2) is 0 Å². The largest absolute Gasteiger partial charge is 0.480 e. The van der Waals surface area contributed by atoms with E-state index in [1.165, 1.54) is 0 Å². The van der Waals surface area contributed by atoms with Gasteiger partial charge in [-0.1, -0.05) is 12.2 Å². The summed E-state index contributed by atoms with van der Waals surface area (Å²) in [5.41, 5.74) is 0. The molecule has 0 aromatic rings. The molecule has 22 heavy (non-hydrogen) atoms. The Hall–Kier alpha value is -1.85. The van der Waals surface area contributed by atoms with E-state index >= 15 is 0 Å². The molecule has 0 aromatic heterocycles. The molecule has 0 bridgehead atoms. The fourth-order valence-corrected chi connectivity index (χ4v) is 2.76. The summed E-state index contributed by atoms with van der Waals surface area (Å²) < 4.78 is 0. The Morgan fingerprint density at radius 1 is 1.27 bits per heavy atom. The summed E-state index contributed by atoms with van der Waals surface area (Å²) in [4.78, 5) is 37.3. The van der Waals surface area contributed by atoms with Crippen LogP contribution in [0.3, 0.4) is 0 Å². The molecule has 2 amide bonds. The van der Waals surface area contributed by atoms with Gasteiger partial charge in [0.2, 0.25) is 11.8 Å². The minimum atomic E-state index is -1.03. The van der Waals surface area contributed by atoms with Crippen LogP contribution in [0, 0.1) is 11.8 Å². The van der Waals surface area contributed by atoms with E-state index in [4.69, 9.17) is 5.11 Å². The fraction of sp³-hybridized carbons (Fsp3) is 0.688. The van der Waals surface area contributed by atoms with E-state index in [1.54, 1.807) is 17.1 Å². The number of amides is 2. The highest BCUT2D eigenvalue weighted by Crippen LogP contribution is 2.32. The highest BCUT2D eigenvalue weighted by atomic mass is 16.4. The van der Waals surface area contributed by atoms with E-state index < -0.39 is 12.0 Å². The van der Waals surface area contributed by atoms with Gasteiger partial charge in [-0.3, -0.25) is 9.59 Å². The molecule has 0 spiro atoms. The molecule has 2 aliphatic rings. The van der Waals surface area contributed by atoms with Crippen LogP contribution in [0.2, 0.25) is 0 Å². The first-order valence-corrected chi connectivity index (χ1v) is 7.96. The van der Waals surface area contributed by atoms with Gasteiger partial charge < -0.3 is 15.3 Å². The highest BCUT2D eigenvalue weighted by Gasteiger charge is 2.37. The van der Waals surface area contributed by atoms with Crippen molar-refractivity contribution in [2.75, 3.05) is 13.1 Å². The summed E-state index contributed by atoms with van der Waals surface area (Å²) in [5.74, 6) is -1.29. The second-order valence-corrected chi connectivity index (χ2v) is 6.10. The third kappa shape index (κ3) is 4.32. The van der Waals surface area contributed by atoms with E-state index in [0.717, 1.165) is 19.3 Å². The number of hydrogen-bond acceptors (Lipinski definition) is 3. The van der Waals surface area contributed by atoms with Crippen molar-refractivity contribution >= 4 is 17.8 Å². The Balaban J connectivity index is 1.89. The topological polar surface area (TPSA) is 86.7 Å². The molecular formula is C16H24N2O4. The number of rotatable bonds is 6. The monoisotopic (exact) mass is 308 g/mol. The number of allylic oxidation sites excluding steroid dienone is 1. The molecule has 1 aliphatic carbocycles.